The molecule has 1 N–H and O–H groups in total. The lowest BCUT2D eigenvalue weighted by Crippen LogP contribution is -2.29. The Kier molecular flexibility index (Phi) is 5.85. The van der Waals surface area contributed by atoms with Crippen molar-refractivity contribution >= 4 is 11.9 Å². The standard InChI is InChI=1S/C15H20N2O5/c1-21-6-7-22-10-11-4-5-17(9-11)14(18)12-2-3-13(15(19)20)16-8-12/h2-3,8,11H,4-7,9-10H2,1H3,(H,19,20). The van der Waals surface area contributed by atoms with Crippen LogP contribution in [0.1, 0.15) is 27.3 Å². The molecule has 0 aliphatic carbocycles. The molecule has 1 saturated heterocycles. The fourth-order valence-corrected chi connectivity index (χ4v) is 2.37. The van der Waals surface area contributed by atoms with E-state index in [0.29, 0.717) is 44.4 Å². The molecule has 0 radical (unpaired) electrons. The van der Waals surface area contributed by atoms with E-state index in [2.05, 4.69) is 4.98 Å². The van der Waals surface area contributed by atoms with Crippen molar-refractivity contribution < 1.29 is 24.2 Å². The third-order valence-electron chi connectivity index (χ3n) is 3.59. The van der Waals surface area contributed by atoms with Gasteiger partial charge in [0.2, 0.25) is 0 Å². The number of likely N-dealkylation sites (tertiary alicyclic amines) is 1. The number of rotatable bonds is 7. The smallest absolute Gasteiger partial charge is 0.354 e. The predicted molar refractivity (Wildman–Crippen MR) is 77.9 cm³/mol. The number of hydrogen-bond acceptors (Lipinski definition) is 5. The summed E-state index contributed by atoms with van der Waals surface area (Å²) in [6.45, 7) is 3.06. The van der Waals surface area contributed by atoms with Crippen molar-refractivity contribution in [3.8, 4) is 0 Å². The van der Waals surface area contributed by atoms with Crippen molar-refractivity contribution in [2.75, 3.05) is 40.0 Å². The van der Waals surface area contributed by atoms with Crippen LogP contribution in [0.25, 0.3) is 0 Å². The van der Waals surface area contributed by atoms with Gasteiger partial charge in [0.25, 0.3) is 5.91 Å². The van der Waals surface area contributed by atoms with Gasteiger partial charge in [-0.2, -0.15) is 0 Å². The first-order chi connectivity index (χ1) is 10.6. The van der Waals surface area contributed by atoms with Gasteiger partial charge in [-0.25, -0.2) is 9.78 Å². The lowest BCUT2D eigenvalue weighted by atomic mass is 10.1. The van der Waals surface area contributed by atoms with Crippen LogP contribution in [0, 0.1) is 5.92 Å². The zero-order chi connectivity index (χ0) is 15.9. The zero-order valence-electron chi connectivity index (χ0n) is 12.5. The van der Waals surface area contributed by atoms with E-state index in [0.717, 1.165) is 6.42 Å². The Balaban J connectivity index is 1.84. The number of carbonyl (C=O) groups is 2. The molecule has 2 heterocycles. The second-order valence-corrected chi connectivity index (χ2v) is 5.21. The predicted octanol–water partition coefficient (Wildman–Crippen LogP) is 0.905. The van der Waals surface area contributed by atoms with Crippen molar-refractivity contribution in [1.29, 1.82) is 0 Å². The summed E-state index contributed by atoms with van der Waals surface area (Å²) in [5, 5.41) is 8.80. The zero-order valence-corrected chi connectivity index (χ0v) is 12.5. The molecule has 1 unspecified atom stereocenters. The highest BCUT2D eigenvalue weighted by atomic mass is 16.5. The Morgan fingerprint density at radius 1 is 1.41 bits per heavy atom. The van der Waals surface area contributed by atoms with Gasteiger partial charge in [0.1, 0.15) is 5.69 Å². The van der Waals surface area contributed by atoms with Crippen LogP contribution in [0.4, 0.5) is 0 Å². The lowest BCUT2D eigenvalue weighted by molar-refractivity contribution is 0.0515. The number of pyridine rings is 1. The minimum absolute atomic E-state index is 0.0672. The topological polar surface area (TPSA) is 89.0 Å². The van der Waals surface area contributed by atoms with Gasteiger partial charge >= 0.3 is 5.97 Å². The number of carboxylic acids is 1. The highest BCUT2D eigenvalue weighted by Crippen LogP contribution is 2.19. The van der Waals surface area contributed by atoms with Crippen LogP contribution >= 0.6 is 0 Å². The molecule has 120 valence electrons. The van der Waals surface area contributed by atoms with Crippen LogP contribution in [-0.2, 0) is 9.47 Å². The second-order valence-electron chi connectivity index (χ2n) is 5.21. The van der Waals surface area contributed by atoms with Gasteiger partial charge < -0.3 is 19.5 Å². The number of amides is 1. The van der Waals surface area contributed by atoms with Crippen LogP contribution in [0.2, 0.25) is 0 Å². The van der Waals surface area contributed by atoms with Crippen LogP contribution in [0.3, 0.4) is 0 Å². The Morgan fingerprint density at radius 2 is 2.23 bits per heavy atom. The van der Waals surface area contributed by atoms with Gasteiger partial charge in [-0.05, 0) is 18.6 Å². The highest BCUT2D eigenvalue weighted by Gasteiger charge is 2.27. The van der Waals surface area contributed by atoms with Crippen LogP contribution in [0.5, 0.6) is 0 Å². The normalized spacial score (nSPS) is 17.7. The minimum Gasteiger partial charge on any atom is -0.477 e. The number of methoxy groups -OCH3 is 1. The molecule has 1 aliphatic heterocycles. The van der Waals surface area contributed by atoms with E-state index in [1.165, 1.54) is 18.3 Å². The summed E-state index contributed by atoms with van der Waals surface area (Å²) in [7, 11) is 1.63. The van der Waals surface area contributed by atoms with Gasteiger partial charge in [0.05, 0.1) is 25.4 Å². The van der Waals surface area contributed by atoms with E-state index in [1.54, 1.807) is 12.0 Å². The van der Waals surface area contributed by atoms with Crippen molar-refractivity contribution in [2.45, 2.75) is 6.42 Å². The second kappa shape index (κ2) is 7.86. The monoisotopic (exact) mass is 308 g/mol. The van der Waals surface area contributed by atoms with Gasteiger partial charge in [-0.3, -0.25) is 4.79 Å². The van der Waals surface area contributed by atoms with E-state index in [9.17, 15) is 9.59 Å². The third kappa shape index (κ3) is 4.25. The summed E-state index contributed by atoms with van der Waals surface area (Å²) < 4.78 is 10.4. The SMILES string of the molecule is COCCOCC1CCN(C(=O)c2ccc(C(=O)O)nc2)C1. The Labute approximate surface area is 128 Å². The van der Waals surface area contributed by atoms with E-state index in [1.807, 2.05) is 0 Å². The molecule has 1 atom stereocenters. The lowest BCUT2D eigenvalue weighted by Gasteiger charge is -2.16. The summed E-state index contributed by atoms with van der Waals surface area (Å²) in [6.07, 6.45) is 2.22. The molecular formula is C15H20N2O5. The average Bonchev–Trinajstić information content (AvgIpc) is 3.00. The first-order valence-electron chi connectivity index (χ1n) is 7.17. The van der Waals surface area contributed by atoms with Crippen LogP contribution < -0.4 is 0 Å². The highest BCUT2D eigenvalue weighted by molar-refractivity contribution is 5.95. The van der Waals surface area contributed by atoms with E-state index in [4.69, 9.17) is 14.6 Å². The Morgan fingerprint density at radius 3 is 2.86 bits per heavy atom. The van der Waals surface area contributed by atoms with Crippen molar-refractivity contribution in [3.63, 3.8) is 0 Å². The van der Waals surface area contributed by atoms with Gasteiger partial charge in [-0.1, -0.05) is 0 Å². The van der Waals surface area contributed by atoms with Crippen LogP contribution in [0.15, 0.2) is 18.3 Å². The van der Waals surface area contributed by atoms with E-state index < -0.39 is 5.97 Å². The van der Waals surface area contributed by atoms with Crippen molar-refractivity contribution in [3.05, 3.63) is 29.6 Å². The maximum Gasteiger partial charge on any atom is 0.354 e. The summed E-state index contributed by atoms with van der Waals surface area (Å²) in [4.78, 5) is 28.6. The summed E-state index contributed by atoms with van der Waals surface area (Å²) in [6, 6.07) is 2.85. The molecule has 1 amide bonds. The van der Waals surface area contributed by atoms with Crippen molar-refractivity contribution in [2.24, 2.45) is 5.92 Å². The summed E-state index contributed by atoms with van der Waals surface area (Å²) in [5.41, 5.74) is 0.341. The number of aromatic carboxylic acids is 1. The number of carbonyl (C=O) groups excluding carboxylic acids is 1. The molecular weight excluding hydrogens is 288 g/mol. The fraction of sp³-hybridized carbons (Fsp3) is 0.533. The van der Waals surface area contributed by atoms with E-state index >= 15 is 0 Å². The van der Waals surface area contributed by atoms with Crippen molar-refractivity contribution in [1.82, 2.24) is 9.88 Å². The summed E-state index contributed by atoms with van der Waals surface area (Å²) >= 11 is 0. The Hall–Kier alpha value is -1.99. The molecule has 7 nitrogen and oxygen atoms in total. The van der Waals surface area contributed by atoms with Gasteiger partial charge in [0, 0.05) is 32.3 Å². The molecule has 1 aromatic rings. The Bertz CT molecular complexity index is 517. The first-order valence-corrected chi connectivity index (χ1v) is 7.17. The molecule has 0 spiro atoms. The van der Waals surface area contributed by atoms with E-state index in [-0.39, 0.29) is 11.6 Å². The molecule has 0 saturated carbocycles. The average molecular weight is 308 g/mol. The number of aromatic nitrogens is 1. The summed E-state index contributed by atoms with van der Waals surface area (Å²) in [5.74, 6) is -0.899. The number of ether oxygens (including phenoxy) is 2. The van der Waals surface area contributed by atoms with Crippen LogP contribution in [-0.4, -0.2) is 66.9 Å². The molecule has 1 fully saturated rings. The van der Waals surface area contributed by atoms with Gasteiger partial charge in [-0.15, -0.1) is 0 Å². The molecule has 7 heteroatoms. The number of hydrogen-bond donors (Lipinski definition) is 1. The molecule has 1 aromatic heterocycles. The molecule has 0 bridgehead atoms. The molecule has 22 heavy (non-hydrogen) atoms. The van der Waals surface area contributed by atoms with Gasteiger partial charge in [0.15, 0.2) is 0 Å². The maximum absolute atomic E-state index is 12.3. The third-order valence-corrected chi connectivity index (χ3v) is 3.59. The molecule has 1 aliphatic rings. The number of carboxylic acid groups (broad SMARTS) is 1. The molecule has 2 rings (SSSR count). The maximum atomic E-state index is 12.3. The number of nitrogens with zero attached hydrogens (tertiary/aromatic N) is 2. The largest absolute Gasteiger partial charge is 0.477 e. The quantitative estimate of drug-likeness (QED) is 0.753. The minimum atomic E-state index is -1.10. The first kappa shape index (κ1) is 16.4. The molecule has 0 aromatic carbocycles. The fourth-order valence-electron chi connectivity index (χ4n) is 2.37.